The minimum Gasteiger partial charge on any atom is -0.316 e. The monoisotopic (exact) mass is 224 g/mol. The van der Waals surface area contributed by atoms with Gasteiger partial charge in [-0.25, -0.2) is 4.39 Å². The molecule has 5 heteroatoms. The van der Waals surface area contributed by atoms with Crippen LogP contribution >= 0.6 is 0 Å². The van der Waals surface area contributed by atoms with E-state index in [1.54, 1.807) is 0 Å². The van der Waals surface area contributed by atoms with Gasteiger partial charge in [-0.05, 0) is 44.0 Å². The second kappa shape index (κ2) is 4.57. The minimum absolute atomic E-state index is 0.0216. The number of nitro groups is 1. The molecule has 1 atom stereocenters. The molecule has 4 nitrogen and oxygen atoms in total. The highest BCUT2D eigenvalue weighted by Crippen LogP contribution is 2.24. The maximum absolute atomic E-state index is 13.0. The molecule has 0 radical (unpaired) electrons. The number of hydrogen-bond acceptors (Lipinski definition) is 3. The highest BCUT2D eigenvalue weighted by Gasteiger charge is 2.21. The van der Waals surface area contributed by atoms with E-state index in [9.17, 15) is 14.5 Å². The third-order valence-corrected chi connectivity index (χ3v) is 2.91. The van der Waals surface area contributed by atoms with Gasteiger partial charge in [0, 0.05) is 11.6 Å². The summed E-state index contributed by atoms with van der Waals surface area (Å²) in [4.78, 5) is 10.3. The molecule has 1 aromatic carbocycles. The summed E-state index contributed by atoms with van der Waals surface area (Å²) in [6.45, 7) is 1.79. The zero-order valence-electron chi connectivity index (χ0n) is 8.78. The molecule has 0 aliphatic carbocycles. The molecule has 0 amide bonds. The van der Waals surface area contributed by atoms with Crippen molar-refractivity contribution in [3.63, 3.8) is 0 Å². The lowest BCUT2D eigenvalue weighted by Gasteiger charge is -2.08. The Kier molecular flexibility index (Phi) is 3.14. The number of benzene rings is 1. The number of hydrogen-bond donors (Lipinski definition) is 1. The van der Waals surface area contributed by atoms with E-state index in [1.165, 1.54) is 12.1 Å². The van der Waals surface area contributed by atoms with Crippen molar-refractivity contribution < 1.29 is 9.31 Å². The topological polar surface area (TPSA) is 55.2 Å². The van der Waals surface area contributed by atoms with Crippen LogP contribution in [0.15, 0.2) is 18.2 Å². The lowest BCUT2D eigenvalue weighted by atomic mass is 9.97. The molecule has 0 bridgehead atoms. The van der Waals surface area contributed by atoms with Crippen LogP contribution in [0.25, 0.3) is 0 Å². The summed E-state index contributed by atoms with van der Waals surface area (Å²) in [5, 5.41) is 14.0. The molecule has 86 valence electrons. The standard InChI is InChI=1S/C11H13FN2O2/c12-10-1-2-11(14(15)16)9(6-10)5-8-3-4-13-7-8/h1-2,6,8,13H,3-5,7H2. The Morgan fingerprint density at radius 2 is 2.38 bits per heavy atom. The molecule has 1 aliphatic rings. The lowest BCUT2D eigenvalue weighted by Crippen LogP contribution is -2.11. The Morgan fingerprint density at radius 3 is 3.00 bits per heavy atom. The van der Waals surface area contributed by atoms with Crippen LogP contribution < -0.4 is 5.32 Å². The fourth-order valence-electron chi connectivity index (χ4n) is 2.10. The molecule has 1 N–H and O–H groups in total. The molecular formula is C11H13FN2O2. The van der Waals surface area contributed by atoms with E-state index in [2.05, 4.69) is 5.32 Å². The van der Waals surface area contributed by atoms with Gasteiger partial charge in [0.1, 0.15) is 5.82 Å². The smallest absolute Gasteiger partial charge is 0.272 e. The second-order valence-corrected chi connectivity index (χ2v) is 4.09. The molecule has 1 unspecified atom stereocenters. The fourth-order valence-corrected chi connectivity index (χ4v) is 2.10. The van der Waals surface area contributed by atoms with Crippen molar-refractivity contribution in [2.45, 2.75) is 12.8 Å². The van der Waals surface area contributed by atoms with Crippen LogP contribution in [-0.4, -0.2) is 18.0 Å². The molecule has 0 spiro atoms. The number of nitrogens with one attached hydrogen (secondary N) is 1. The van der Waals surface area contributed by atoms with Gasteiger partial charge in [-0.1, -0.05) is 0 Å². The Balaban J connectivity index is 2.22. The summed E-state index contributed by atoms with van der Waals surface area (Å²) < 4.78 is 13.0. The van der Waals surface area contributed by atoms with Crippen LogP contribution in [0.3, 0.4) is 0 Å². The first-order valence-electron chi connectivity index (χ1n) is 5.30. The van der Waals surface area contributed by atoms with Crippen molar-refractivity contribution in [1.29, 1.82) is 0 Å². The van der Waals surface area contributed by atoms with Crippen LogP contribution in [-0.2, 0) is 6.42 Å². The SMILES string of the molecule is O=[N+]([O-])c1ccc(F)cc1CC1CCNC1. The number of nitrogens with zero attached hydrogens (tertiary/aromatic N) is 1. The van der Waals surface area contributed by atoms with Crippen LogP contribution in [0.1, 0.15) is 12.0 Å². The largest absolute Gasteiger partial charge is 0.316 e. The Hall–Kier alpha value is -1.49. The van der Waals surface area contributed by atoms with Gasteiger partial charge in [-0.2, -0.15) is 0 Å². The van der Waals surface area contributed by atoms with Gasteiger partial charge in [0.05, 0.1) is 4.92 Å². The molecule has 0 aromatic heterocycles. The zero-order chi connectivity index (χ0) is 11.5. The highest BCUT2D eigenvalue weighted by molar-refractivity contribution is 5.40. The molecule has 2 rings (SSSR count). The normalized spacial score (nSPS) is 19.9. The van der Waals surface area contributed by atoms with E-state index in [0.717, 1.165) is 25.6 Å². The summed E-state index contributed by atoms with van der Waals surface area (Å²) in [7, 11) is 0. The van der Waals surface area contributed by atoms with E-state index in [4.69, 9.17) is 0 Å². The van der Waals surface area contributed by atoms with Crippen molar-refractivity contribution in [3.05, 3.63) is 39.7 Å². The summed E-state index contributed by atoms with van der Waals surface area (Å²) in [5.74, 6) is -0.0351. The molecular weight excluding hydrogens is 211 g/mol. The summed E-state index contributed by atoms with van der Waals surface area (Å²) in [6, 6.07) is 3.65. The van der Waals surface area contributed by atoms with Gasteiger partial charge in [-0.3, -0.25) is 10.1 Å². The number of rotatable bonds is 3. The number of halogens is 1. The van der Waals surface area contributed by atoms with E-state index in [0.29, 0.717) is 17.9 Å². The van der Waals surface area contributed by atoms with Gasteiger partial charge >= 0.3 is 0 Å². The third kappa shape index (κ3) is 2.36. The first kappa shape index (κ1) is 11.0. The molecule has 16 heavy (non-hydrogen) atoms. The molecule has 1 fully saturated rings. The van der Waals surface area contributed by atoms with Crippen molar-refractivity contribution in [3.8, 4) is 0 Å². The average molecular weight is 224 g/mol. The number of nitro benzene ring substituents is 1. The molecule has 0 saturated carbocycles. The third-order valence-electron chi connectivity index (χ3n) is 2.91. The Labute approximate surface area is 92.6 Å². The van der Waals surface area contributed by atoms with Crippen LogP contribution in [0.5, 0.6) is 0 Å². The van der Waals surface area contributed by atoms with Gasteiger partial charge in [0.2, 0.25) is 0 Å². The maximum Gasteiger partial charge on any atom is 0.272 e. The first-order valence-corrected chi connectivity index (χ1v) is 5.30. The predicted molar refractivity (Wildman–Crippen MR) is 57.7 cm³/mol. The average Bonchev–Trinajstić information content (AvgIpc) is 2.70. The summed E-state index contributed by atoms with van der Waals surface area (Å²) >= 11 is 0. The lowest BCUT2D eigenvalue weighted by molar-refractivity contribution is -0.385. The van der Waals surface area contributed by atoms with Gasteiger partial charge in [0.15, 0.2) is 0 Å². The summed E-state index contributed by atoms with van der Waals surface area (Å²) in [5.41, 5.74) is 0.520. The highest BCUT2D eigenvalue weighted by atomic mass is 19.1. The molecule has 1 heterocycles. The van der Waals surface area contributed by atoms with Crippen LogP contribution in [0.2, 0.25) is 0 Å². The first-order chi connectivity index (χ1) is 7.66. The van der Waals surface area contributed by atoms with Crippen molar-refractivity contribution in [2.24, 2.45) is 5.92 Å². The van der Waals surface area contributed by atoms with Crippen LogP contribution in [0.4, 0.5) is 10.1 Å². The van der Waals surface area contributed by atoms with Crippen molar-refractivity contribution in [2.75, 3.05) is 13.1 Å². The van der Waals surface area contributed by atoms with E-state index in [1.807, 2.05) is 0 Å². The van der Waals surface area contributed by atoms with Gasteiger partial charge in [-0.15, -0.1) is 0 Å². The van der Waals surface area contributed by atoms with Gasteiger partial charge < -0.3 is 5.32 Å². The molecule has 1 aromatic rings. The Morgan fingerprint density at radius 1 is 1.56 bits per heavy atom. The fraction of sp³-hybridized carbons (Fsp3) is 0.455. The minimum atomic E-state index is -0.447. The second-order valence-electron chi connectivity index (χ2n) is 4.09. The van der Waals surface area contributed by atoms with Gasteiger partial charge in [0.25, 0.3) is 5.69 Å². The molecule has 1 saturated heterocycles. The van der Waals surface area contributed by atoms with Crippen molar-refractivity contribution >= 4 is 5.69 Å². The van der Waals surface area contributed by atoms with E-state index >= 15 is 0 Å². The van der Waals surface area contributed by atoms with Crippen molar-refractivity contribution in [1.82, 2.24) is 5.32 Å². The van der Waals surface area contributed by atoms with Crippen LogP contribution in [0, 0.1) is 21.8 Å². The van der Waals surface area contributed by atoms with E-state index < -0.39 is 10.7 Å². The quantitative estimate of drug-likeness (QED) is 0.630. The van der Waals surface area contributed by atoms with E-state index in [-0.39, 0.29) is 5.69 Å². The maximum atomic E-state index is 13.0. The predicted octanol–water partition coefficient (Wildman–Crippen LogP) is 1.89. The molecule has 1 aliphatic heterocycles. The summed E-state index contributed by atoms with van der Waals surface area (Å²) in [6.07, 6.45) is 1.56. The Bertz CT molecular complexity index is 403. The zero-order valence-corrected chi connectivity index (χ0v) is 8.78.